The molecule has 68 valence electrons. The van der Waals surface area contributed by atoms with Crippen LogP contribution in [0.5, 0.6) is 0 Å². The molecule has 0 spiro atoms. The van der Waals surface area contributed by atoms with Crippen molar-refractivity contribution in [1.82, 2.24) is 0 Å². The number of quaternary nitrogens is 1. The zero-order chi connectivity index (χ0) is 10.3. The van der Waals surface area contributed by atoms with E-state index in [2.05, 4.69) is 0 Å². The molecule has 0 fully saturated rings. The fraction of sp³-hybridized carbons (Fsp3) is 0.333. The van der Waals surface area contributed by atoms with E-state index >= 15 is 0 Å². The number of rotatable bonds is 3. The average Bonchev–Trinajstić information content (AvgIpc) is 2.11. The molecule has 0 aromatic carbocycles. The first kappa shape index (κ1) is 11.2. The quantitative estimate of drug-likeness (QED) is 0.363. The number of methoxy groups -OCH3 is 1. The minimum atomic E-state index is -0.0139. The summed E-state index contributed by atoms with van der Waals surface area (Å²) in [6, 6.07) is 3.52. The molecule has 0 aromatic heterocycles. The molecule has 0 aliphatic carbocycles. The summed E-state index contributed by atoms with van der Waals surface area (Å²) < 4.78 is 4.88. The van der Waals surface area contributed by atoms with E-state index in [0.717, 1.165) is 4.90 Å². The Bertz CT molecular complexity index is 286. The molecule has 0 aliphatic heterocycles. The van der Waals surface area contributed by atoms with Crippen molar-refractivity contribution >= 4 is 0 Å². The third-order valence-corrected chi connectivity index (χ3v) is 1.26. The molecule has 0 atom stereocenters. The molecule has 0 saturated carbocycles. The normalized spacial score (nSPS) is 9.38. The molecule has 0 radical (unpaired) electrons. The van der Waals surface area contributed by atoms with Gasteiger partial charge in [-0.2, -0.15) is 10.5 Å². The number of allylic oxidation sites excluding steroid dienone is 2. The average molecular weight is 178 g/mol. The van der Waals surface area contributed by atoms with Crippen molar-refractivity contribution in [2.45, 2.75) is 0 Å². The monoisotopic (exact) mass is 178 g/mol. The summed E-state index contributed by atoms with van der Waals surface area (Å²) in [5.74, 6) is 0.297. The maximum Gasteiger partial charge on any atom is 0.171 e. The molecule has 4 nitrogen and oxygen atoms in total. The van der Waals surface area contributed by atoms with Crippen LogP contribution in [0.15, 0.2) is 23.6 Å². The summed E-state index contributed by atoms with van der Waals surface area (Å²) in [6.45, 7) is 0. The highest BCUT2D eigenvalue weighted by molar-refractivity contribution is 5.41. The van der Waals surface area contributed by atoms with Gasteiger partial charge in [0.1, 0.15) is 12.1 Å². The van der Waals surface area contributed by atoms with E-state index in [1.165, 1.54) is 7.11 Å². The molecule has 13 heavy (non-hydrogen) atoms. The van der Waals surface area contributed by atoms with E-state index in [0.29, 0.717) is 5.76 Å². The van der Waals surface area contributed by atoms with Crippen LogP contribution in [0.1, 0.15) is 0 Å². The van der Waals surface area contributed by atoms with E-state index in [4.69, 9.17) is 15.3 Å². The Labute approximate surface area is 77.9 Å². The lowest BCUT2D eigenvalue weighted by atomic mass is 10.2. The van der Waals surface area contributed by atoms with Gasteiger partial charge in [0.2, 0.25) is 0 Å². The SMILES string of the molecule is COC(/C=C/[NH+](C)C)=C(C#N)C#N. The molecular formula is C9H12N3O+. The Hall–Kier alpha value is -1.78. The third kappa shape index (κ3) is 3.95. The summed E-state index contributed by atoms with van der Waals surface area (Å²) >= 11 is 0. The number of nitrogens with zero attached hydrogens (tertiary/aromatic N) is 2. The van der Waals surface area contributed by atoms with Crippen LogP contribution in [-0.4, -0.2) is 21.2 Å². The molecule has 4 heteroatoms. The van der Waals surface area contributed by atoms with Crippen LogP contribution in [0, 0.1) is 22.7 Å². The van der Waals surface area contributed by atoms with Gasteiger partial charge >= 0.3 is 0 Å². The molecule has 0 amide bonds. The molecule has 0 rings (SSSR count). The zero-order valence-electron chi connectivity index (χ0n) is 7.96. The second-order valence-corrected chi connectivity index (χ2v) is 2.58. The van der Waals surface area contributed by atoms with Crippen molar-refractivity contribution in [2.75, 3.05) is 21.2 Å². The molecule has 1 N–H and O–H groups in total. The van der Waals surface area contributed by atoms with Gasteiger partial charge in [0.15, 0.2) is 11.3 Å². The van der Waals surface area contributed by atoms with Gasteiger partial charge in [0.25, 0.3) is 0 Å². The van der Waals surface area contributed by atoms with Crippen LogP contribution in [0.4, 0.5) is 0 Å². The van der Waals surface area contributed by atoms with Crippen molar-refractivity contribution in [1.29, 1.82) is 10.5 Å². The Balaban J connectivity index is 4.82. The van der Waals surface area contributed by atoms with Gasteiger partial charge in [-0.1, -0.05) is 0 Å². The third-order valence-electron chi connectivity index (χ3n) is 1.26. The predicted octanol–water partition coefficient (Wildman–Crippen LogP) is -0.408. The van der Waals surface area contributed by atoms with Crippen LogP contribution >= 0.6 is 0 Å². The second-order valence-electron chi connectivity index (χ2n) is 2.58. The van der Waals surface area contributed by atoms with Crippen molar-refractivity contribution < 1.29 is 9.64 Å². The van der Waals surface area contributed by atoms with E-state index in [9.17, 15) is 0 Å². The molecular weight excluding hydrogens is 166 g/mol. The molecule has 0 aliphatic rings. The van der Waals surface area contributed by atoms with Crippen LogP contribution < -0.4 is 4.90 Å². The van der Waals surface area contributed by atoms with Gasteiger partial charge in [-0.25, -0.2) is 0 Å². The van der Waals surface area contributed by atoms with Gasteiger partial charge in [0, 0.05) is 6.08 Å². The number of hydrogen-bond acceptors (Lipinski definition) is 3. The van der Waals surface area contributed by atoms with Crippen LogP contribution in [0.3, 0.4) is 0 Å². The van der Waals surface area contributed by atoms with Crippen LogP contribution in [0.25, 0.3) is 0 Å². The fourth-order valence-electron chi connectivity index (χ4n) is 0.631. The lowest BCUT2D eigenvalue weighted by Crippen LogP contribution is -3.00. The van der Waals surface area contributed by atoms with Crippen molar-refractivity contribution in [2.24, 2.45) is 0 Å². The summed E-state index contributed by atoms with van der Waals surface area (Å²) in [4.78, 5) is 1.07. The summed E-state index contributed by atoms with van der Waals surface area (Å²) in [5.41, 5.74) is -0.0139. The molecule has 0 aromatic rings. The smallest absolute Gasteiger partial charge is 0.171 e. The largest absolute Gasteiger partial charge is 0.494 e. The second kappa shape index (κ2) is 5.82. The molecule has 0 bridgehead atoms. The maximum atomic E-state index is 8.54. The predicted molar refractivity (Wildman–Crippen MR) is 47.2 cm³/mol. The summed E-state index contributed by atoms with van der Waals surface area (Å²) in [6.07, 6.45) is 3.39. The molecule has 0 heterocycles. The standard InChI is InChI=1S/C9H11N3O/c1-12(2)5-4-9(13-3)8(6-10)7-11/h4-5H,1-3H3/p+1/b5-4+. The number of hydrogen-bond donors (Lipinski definition) is 1. The summed E-state index contributed by atoms with van der Waals surface area (Å²) in [7, 11) is 5.27. The molecule has 0 unspecified atom stereocenters. The number of nitrogens with one attached hydrogen (secondary N) is 1. The van der Waals surface area contributed by atoms with Gasteiger partial charge in [-0.15, -0.1) is 0 Å². The van der Waals surface area contributed by atoms with Crippen molar-refractivity contribution in [3.8, 4) is 12.1 Å². The Kier molecular flexibility index (Phi) is 5.02. The minimum Gasteiger partial charge on any atom is -0.494 e. The lowest BCUT2D eigenvalue weighted by Gasteiger charge is -2.00. The summed E-state index contributed by atoms with van der Waals surface area (Å²) in [5, 5.41) is 17.1. The van der Waals surface area contributed by atoms with Crippen LogP contribution in [-0.2, 0) is 4.74 Å². The Morgan fingerprint density at radius 3 is 2.15 bits per heavy atom. The number of ether oxygens (including phenoxy) is 1. The first-order chi connectivity index (χ1) is 6.15. The van der Waals surface area contributed by atoms with E-state index in [1.54, 1.807) is 24.4 Å². The minimum absolute atomic E-state index is 0.0139. The van der Waals surface area contributed by atoms with E-state index in [-0.39, 0.29) is 5.57 Å². The number of nitriles is 2. The van der Waals surface area contributed by atoms with Gasteiger partial charge in [0.05, 0.1) is 27.4 Å². The van der Waals surface area contributed by atoms with Gasteiger partial charge in [-0.05, 0) is 0 Å². The highest BCUT2D eigenvalue weighted by Crippen LogP contribution is 2.03. The topological polar surface area (TPSA) is 61.2 Å². The van der Waals surface area contributed by atoms with E-state index in [1.807, 2.05) is 14.1 Å². The van der Waals surface area contributed by atoms with Crippen LogP contribution in [0.2, 0.25) is 0 Å². The fourth-order valence-corrected chi connectivity index (χ4v) is 0.631. The lowest BCUT2D eigenvalue weighted by molar-refractivity contribution is -0.801. The van der Waals surface area contributed by atoms with E-state index < -0.39 is 0 Å². The van der Waals surface area contributed by atoms with Gasteiger partial charge < -0.3 is 9.64 Å². The first-order valence-corrected chi connectivity index (χ1v) is 3.72. The van der Waals surface area contributed by atoms with Crippen molar-refractivity contribution in [3.63, 3.8) is 0 Å². The Morgan fingerprint density at radius 1 is 1.31 bits per heavy atom. The van der Waals surface area contributed by atoms with Crippen molar-refractivity contribution in [3.05, 3.63) is 23.6 Å². The zero-order valence-corrected chi connectivity index (χ0v) is 7.96. The Morgan fingerprint density at radius 2 is 1.85 bits per heavy atom. The highest BCUT2D eigenvalue weighted by Gasteiger charge is 2.02. The maximum absolute atomic E-state index is 8.54. The first-order valence-electron chi connectivity index (χ1n) is 3.72. The highest BCUT2D eigenvalue weighted by atomic mass is 16.5. The molecule has 0 saturated heterocycles. The van der Waals surface area contributed by atoms with Gasteiger partial charge in [-0.3, -0.25) is 0 Å².